The Morgan fingerprint density at radius 2 is 1.73 bits per heavy atom. The molecule has 0 aromatic heterocycles. The largest absolute Gasteiger partial charge is 0.366 e. The van der Waals surface area contributed by atoms with Crippen molar-refractivity contribution in [2.24, 2.45) is 5.73 Å². The summed E-state index contributed by atoms with van der Waals surface area (Å²) in [7, 11) is 0. The van der Waals surface area contributed by atoms with Gasteiger partial charge in [-0.2, -0.15) is 0 Å². The highest BCUT2D eigenvalue weighted by Crippen LogP contribution is 2.22. The molecule has 0 atom stereocenters. The molecule has 1 amide bonds. The first-order valence-electron chi connectivity index (χ1n) is 2.86. The van der Waals surface area contributed by atoms with Gasteiger partial charge in [0.05, 0.1) is 15.6 Å². The summed E-state index contributed by atoms with van der Waals surface area (Å²) < 4.78 is 0. The third-order valence-corrected chi connectivity index (χ3v) is 1.84. The third-order valence-electron chi connectivity index (χ3n) is 1.21. The number of nitrogens with two attached hydrogens (primary N) is 1. The van der Waals surface area contributed by atoms with E-state index in [1.807, 2.05) is 0 Å². The second-order valence-corrected chi connectivity index (χ2v) is 2.78. The van der Waals surface area contributed by atoms with Crippen LogP contribution in [0.5, 0.6) is 0 Å². The van der Waals surface area contributed by atoms with Gasteiger partial charge in [-0.15, -0.1) is 0 Å². The van der Waals surface area contributed by atoms with Gasteiger partial charge >= 0.3 is 0 Å². The van der Waals surface area contributed by atoms with Gasteiger partial charge in [0, 0.05) is 0 Å². The molecule has 0 bridgehead atoms. The Kier molecular flexibility index (Phi) is 2.37. The van der Waals surface area contributed by atoms with Gasteiger partial charge in [-0.1, -0.05) is 29.3 Å². The number of hydrogen-bond donors (Lipinski definition) is 1. The molecular weight excluding hydrogens is 191 g/mol. The summed E-state index contributed by atoms with van der Waals surface area (Å²) in [6.45, 7) is 0. The fraction of sp³-hybridized carbons (Fsp3) is 0. The van der Waals surface area contributed by atoms with Crippen molar-refractivity contribution in [3.05, 3.63) is 33.8 Å². The lowest BCUT2D eigenvalue weighted by molar-refractivity contribution is 0.100. The summed E-state index contributed by atoms with van der Waals surface area (Å²) in [5, 5.41) is 0.565. The molecule has 0 saturated heterocycles. The summed E-state index contributed by atoms with van der Waals surface area (Å²) in [6, 6.07) is 4.78. The average molecular weight is 196 g/mol. The summed E-state index contributed by atoms with van der Waals surface area (Å²) >= 11 is 11.3. The lowest BCUT2D eigenvalue weighted by Gasteiger charge is -2.00. The lowest BCUT2D eigenvalue weighted by Crippen LogP contribution is -2.12. The van der Waals surface area contributed by atoms with Crippen LogP contribution in [0.25, 0.3) is 0 Å². The van der Waals surface area contributed by atoms with Crippen LogP contribution >= 0.6 is 23.2 Å². The van der Waals surface area contributed by atoms with Crippen molar-refractivity contribution in [1.29, 1.82) is 0 Å². The number of hydrogen-bond acceptors (Lipinski definition) is 1. The summed E-state index contributed by atoms with van der Waals surface area (Å²) in [5.41, 5.74) is 5.18. The molecule has 0 radical (unpaired) electrons. The molecule has 0 fully saturated rings. The number of carbonyl (C=O) groups is 1. The van der Waals surface area contributed by atoms with Crippen molar-refractivity contribution in [3.63, 3.8) is 0 Å². The molecule has 0 unspecified atom stereocenters. The van der Waals surface area contributed by atoms with Crippen molar-refractivity contribution in [3.8, 4) is 0 Å². The molecule has 1 aromatic carbocycles. The van der Waals surface area contributed by atoms with Crippen LogP contribution in [0.3, 0.4) is 0 Å². The van der Waals surface area contributed by atoms with E-state index in [1.54, 1.807) is 18.2 Å². The number of primary amides is 1. The molecule has 4 heteroatoms. The van der Waals surface area contributed by atoms with Crippen molar-refractivity contribution in [2.75, 3.05) is 0 Å². The highest BCUT2D eigenvalue weighted by atomic mass is 35.5. The maximum absolute atomic E-state index is 10.7. The van der Waals surface area contributed by atoms with E-state index in [-0.39, 0.29) is 15.6 Å². The Morgan fingerprint density at radius 3 is 2.00 bits per heavy atom. The molecule has 1 rings (SSSR count). The van der Waals surface area contributed by atoms with Crippen molar-refractivity contribution in [1.82, 2.24) is 0 Å². The van der Waals surface area contributed by atoms with Crippen molar-refractivity contribution < 1.29 is 4.79 Å². The second kappa shape index (κ2) is 3.11. The minimum absolute atomic E-state index is 0.177. The second-order valence-electron chi connectivity index (χ2n) is 1.96. The molecule has 0 aliphatic rings. The van der Waals surface area contributed by atoms with E-state index in [9.17, 15) is 4.79 Å². The normalized spacial score (nSPS) is 9.64. The van der Waals surface area contributed by atoms with Crippen LogP contribution in [-0.4, -0.2) is 5.91 Å². The smallest absolute Gasteiger partial charge is 0.251 e. The number of halogens is 2. The van der Waals surface area contributed by atoms with Crippen LogP contribution in [0.1, 0.15) is 10.4 Å². The van der Waals surface area contributed by atoms with E-state index in [4.69, 9.17) is 28.9 Å². The molecule has 58 valence electrons. The zero-order chi connectivity index (χ0) is 8.43. The first-order valence-corrected chi connectivity index (χ1v) is 3.62. The van der Waals surface area contributed by atoms with Crippen LogP contribution < -0.4 is 5.73 Å². The van der Waals surface area contributed by atoms with E-state index in [2.05, 4.69) is 0 Å². The SMILES string of the molecule is NC(=O)[13c]1[13c](Cl)[13cH][13cH][13cH][13c]1Cl. The minimum Gasteiger partial charge on any atom is -0.366 e. The van der Waals surface area contributed by atoms with Gasteiger partial charge in [0.1, 0.15) is 0 Å². The maximum atomic E-state index is 10.7. The standard InChI is InChI=1S/C7H5Cl2NO/c8-4-2-1-3-5(9)6(4)7(10)11/h1-3H,(H2,10,11)/i1+1,2+1,3+1,4+1,5+1,6+1. The highest BCUT2D eigenvalue weighted by Gasteiger charge is 2.09. The van der Waals surface area contributed by atoms with Gasteiger partial charge < -0.3 is 5.73 Å². The van der Waals surface area contributed by atoms with E-state index in [0.717, 1.165) is 0 Å². The van der Waals surface area contributed by atoms with Crippen LogP contribution in [-0.2, 0) is 0 Å². The third kappa shape index (κ3) is 1.64. The van der Waals surface area contributed by atoms with Crippen LogP contribution in [0.15, 0.2) is 18.2 Å². The molecule has 2 N–H and O–H groups in total. The van der Waals surface area contributed by atoms with Crippen LogP contribution in [0.2, 0.25) is 10.0 Å². The van der Waals surface area contributed by atoms with Gasteiger partial charge in [0.2, 0.25) is 0 Å². The Hall–Kier alpha value is -0.730. The Balaban J connectivity index is 3.32. The fourth-order valence-corrected chi connectivity index (χ4v) is 1.32. The summed E-state index contributed by atoms with van der Waals surface area (Å²) in [6.07, 6.45) is 0. The zero-order valence-corrected chi connectivity index (χ0v) is 6.99. The molecule has 0 heterocycles. The van der Waals surface area contributed by atoms with Gasteiger partial charge in [-0.05, 0) is 12.1 Å². The van der Waals surface area contributed by atoms with Gasteiger partial charge in [0.25, 0.3) is 5.91 Å². The minimum atomic E-state index is -0.611. The first kappa shape index (κ1) is 8.37. The Labute approximate surface area is 73.9 Å². The van der Waals surface area contributed by atoms with E-state index < -0.39 is 5.91 Å². The first-order chi connectivity index (χ1) is 5.13. The number of carbonyl (C=O) groups excluding carboxylic acids is 1. The van der Waals surface area contributed by atoms with Crippen LogP contribution in [0, 0.1) is 0 Å². The highest BCUT2D eigenvalue weighted by molar-refractivity contribution is 6.39. The number of rotatable bonds is 1. The van der Waals surface area contributed by atoms with Gasteiger partial charge in [0.15, 0.2) is 0 Å². The van der Waals surface area contributed by atoms with Crippen molar-refractivity contribution in [2.45, 2.75) is 0 Å². The molecule has 0 aliphatic heterocycles. The Morgan fingerprint density at radius 1 is 1.27 bits per heavy atom. The topological polar surface area (TPSA) is 43.1 Å². The quantitative estimate of drug-likeness (QED) is 0.733. The average Bonchev–Trinajstić information content (AvgIpc) is 1.85. The summed E-state index contributed by atoms with van der Waals surface area (Å²) in [5.74, 6) is -0.611. The maximum Gasteiger partial charge on any atom is 0.251 e. The number of amides is 1. The molecule has 2 nitrogen and oxygen atoms in total. The van der Waals surface area contributed by atoms with E-state index in [1.165, 1.54) is 0 Å². The molecule has 11 heavy (non-hydrogen) atoms. The van der Waals surface area contributed by atoms with E-state index >= 15 is 0 Å². The summed E-state index contributed by atoms with van der Waals surface area (Å²) in [4.78, 5) is 10.7. The van der Waals surface area contributed by atoms with Crippen molar-refractivity contribution >= 4 is 29.1 Å². The fourth-order valence-electron chi connectivity index (χ4n) is 0.733. The Bertz CT molecular complexity index is 278. The molecule has 0 aliphatic carbocycles. The molecule has 1 aromatic rings. The van der Waals surface area contributed by atoms with E-state index in [0.29, 0.717) is 0 Å². The van der Waals surface area contributed by atoms with Crippen LogP contribution in [0.4, 0.5) is 0 Å². The van der Waals surface area contributed by atoms with Gasteiger partial charge in [-0.3, -0.25) is 4.79 Å². The zero-order valence-electron chi connectivity index (χ0n) is 5.47. The lowest BCUT2D eigenvalue weighted by atomic mass is 10.9. The molecule has 0 spiro atoms. The molecule has 0 saturated carbocycles. The monoisotopic (exact) mass is 195 g/mol. The number of benzene rings is 1. The molecular formula is C7H5Cl2NO. The predicted octanol–water partition coefficient (Wildman–Crippen LogP) is 2.09. The predicted molar refractivity (Wildman–Crippen MR) is 45.0 cm³/mol. The van der Waals surface area contributed by atoms with Gasteiger partial charge in [-0.25, -0.2) is 0 Å².